The molecule has 0 saturated heterocycles. The molecule has 6 rings (SSSR count). The number of aldehydes is 1. The van der Waals surface area contributed by atoms with E-state index < -0.39 is 11.4 Å². The van der Waals surface area contributed by atoms with Crippen molar-refractivity contribution in [1.82, 2.24) is 0 Å². The number of hydrogen-bond acceptors (Lipinski definition) is 5. The van der Waals surface area contributed by atoms with Gasteiger partial charge in [-0.15, -0.1) is 0 Å². The molecule has 44 heavy (non-hydrogen) atoms. The van der Waals surface area contributed by atoms with Crippen molar-refractivity contribution in [3.63, 3.8) is 0 Å². The number of methoxy groups -OCH3 is 1. The number of carboxylic acids is 1. The van der Waals surface area contributed by atoms with Crippen LogP contribution in [0.2, 0.25) is 0 Å². The van der Waals surface area contributed by atoms with Crippen molar-refractivity contribution in [3.8, 4) is 5.75 Å². The van der Waals surface area contributed by atoms with Crippen molar-refractivity contribution in [2.75, 3.05) is 7.11 Å². The van der Waals surface area contributed by atoms with Gasteiger partial charge in [0.25, 0.3) is 0 Å². The van der Waals surface area contributed by atoms with Gasteiger partial charge in [-0.05, 0) is 122 Å². The number of aliphatic hydroxyl groups excluding tert-OH is 1. The highest BCUT2D eigenvalue weighted by atomic mass is 16.5. The molecule has 11 atom stereocenters. The smallest absolute Gasteiger partial charge is 0.310 e. The second kappa shape index (κ2) is 12.1. The Morgan fingerprint density at radius 3 is 2.30 bits per heavy atom. The standard InChI is InChI=1S/C29H46O4.C9H8O2/c1-17-9-14-28(25(31)32)15-16-29(33-6)21(24(28)18(17)2)7-8-23-26(4)12-11-22(30)19(3)20(26)10-13-27(23,29)5;10-7-1-2-8-3-5-9(11)6-4-8/h7,17-20,22-24,30H,8-16H2,1-6H3,(H,31,32);1-7,11H/b;2-1+/t17-,18?,19?,20?,22?,23?,24?,26?,27?,28?,29+;/m1./s1. The Hall–Kier alpha value is -2.44. The number of carboxylic acid groups (broad SMARTS) is 1. The molecule has 0 spiro atoms. The lowest BCUT2D eigenvalue weighted by atomic mass is 9.36. The topological polar surface area (TPSA) is 104 Å². The van der Waals surface area contributed by atoms with Gasteiger partial charge in [0.05, 0.1) is 17.1 Å². The first-order valence-corrected chi connectivity index (χ1v) is 16.9. The van der Waals surface area contributed by atoms with Crippen molar-refractivity contribution in [1.29, 1.82) is 0 Å². The maximum Gasteiger partial charge on any atom is 0.310 e. The van der Waals surface area contributed by atoms with E-state index in [2.05, 4.69) is 40.7 Å². The first-order chi connectivity index (χ1) is 20.8. The molecule has 0 radical (unpaired) electrons. The van der Waals surface area contributed by atoms with E-state index in [4.69, 9.17) is 9.84 Å². The van der Waals surface area contributed by atoms with E-state index in [9.17, 15) is 19.8 Å². The maximum absolute atomic E-state index is 12.8. The number of hydrogen-bond donors (Lipinski definition) is 3. The summed E-state index contributed by atoms with van der Waals surface area (Å²) >= 11 is 0. The van der Waals surface area contributed by atoms with Crippen LogP contribution in [0.25, 0.3) is 6.08 Å². The predicted octanol–water partition coefficient (Wildman–Crippen LogP) is 7.68. The molecule has 6 nitrogen and oxygen atoms in total. The molecule has 0 aliphatic heterocycles. The van der Waals surface area contributed by atoms with Gasteiger partial charge in [0, 0.05) is 18.4 Å². The van der Waals surface area contributed by atoms with Gasteiger partial charge in [0.1, 0.15) is 12.0 Å². The van der Waals surface area contributed by atoms with Crippen LogP contribution in [0.3, 0.4) is 0 Å². The molecule has 0 amide bonds. The molecular formula is C38H54O6. The van der Waals surface area contributed by atoms with Crippen LogP contribution in [0, 0.1) is 51.8 Å². The van der Waals surface area contributed by atoms with Crippen LogP contribution in [-0.4, -0.2) is 46.4 Å². The zero-order valence-corrected chi connectivity index (χ0v) is 27.6. The quantitative estimate of drug-likeness (QED) is 0.185. The minimum Gasteiger partial charge on any atom is -0.508 e. The molecule has 1 aromatic rings. The molecule has 9 unspecified atom stereocenters. The van der Waals surface area contributed by atoms with E-state index in [1.54, 1.807) is 30.3 Å². The zero-order chi connectivity index (χ0) is 32.1. The van der Waals surface area contributed by atoms with Gasteiger partial charge in [-0.25, -0.2) is 0 Å². The SMILES string of the molecule is CO[C@@]12CCC3(C(=O)O)CC[C@@H](C)C(C)C3C1=CCC1C3(C)CCC(O)C(C)C3CCC12C.O=C/C=C/c1ccc(O)cc1. The van der Waals surface area contributed by atoms with Crippen LogP contribution in [0.1, 0.15) is 98.0 Å². The third-order valence-corrected chi connectivity index (χ3v) is 13.9. The molecule has 1 aromatic carbocycles. The molecule has 5 aliphatic carbocycles. The Morgan fingerprint density at radius 1 is 0.955 bits per heavy atom. The van der Waals surface area contributed by atoms with Crippen molar-refractivity contribution < 1.29 is 29.6 Å². The highest BCUT2D eigenvalue weighted by Gasteiger charge is 2.70. The van der Waals surface area contributed by atoms with E-state index >= 15 is 0 Å². The summed E-state index contributed by atoms with van der Waals surface area (Å²) in [5, 5.41) is 30.1. The van der Waals surface area contributed by atoms with Crippen LogP contribution < -0.4 is 0 Å². The van der Waals surface area contributed by atoms with E-state index in [-0.39, 0.29) is 34.2 Å². The second-order valence-corrected chi connectivity index (χ2v) is 15.4. The molecule has 6 heteroatoms. The number of carbonyl (C=O) groups is 2. The zero-order valence-electron chi connectivity index (χ0n) is 27.6. The van der Waals surface area contributed by atoms with Crippen LogP contribution in [0.5, 0.6) is 5.75 Å². The minimum atomic E-state index is -0.631. The Balaban J connectivity index is 0.000000296. The number of fused-ring (bicyclic) bond motifs is 7. The lowest BCUT2D eigenvalue weighted by Gasteiger charge is -2.70. The van der Waals surface area contributed by atoms with Gasteiger partial charge < -0.3 is 20.1 Å². The van der Waals surface area contributed by atoms with Gasteiger partial charge in [-0.1, -0.05) is 58.9 Å². The number of phenols is 1. The molecular weight excluding hydrogens is 552 g/mol. The number of allylic oxidation sites excluding steroid dienone is 2. The van der Waals surface area contributed by atoms with Crippen LogP contribution in [0.15, 0.2) is 42.0 Å². The average molecular weight is 607 g/mol. The molecule has 4 fully saturated rings. The summed E-state index contributed by atoms with van der Waals surface area (Å²) in [5.74, 6) is 2.02. The molecule has 0 bridgehead atoms. The van der Waals surface area contributed by atoms with Gasteiger partial charge in [-0.2, -0.15) is 0 Å². The molecule has 4 saturated carbocycles. The molecule has 3 N–H and O–H groups in total. The fourth-order valence-electron chi connectivity index (χ4n) is 11.3. The van der Waals surface area contributed by atoms with Gasteiger partial charge in [0.2, 0.25) is 0 Å². The summed E-state index contributed by atoms with van der Waals surface area (Å²) in [7, 11) is 1.90. The summed E-state index contributed by atoms with van der Waals surface area (Å²) in [6, 6.07) is 6.61. The number of benzene rings is 1. The van der Waals surface area contributed by atoms with E-state index in [0.29, 0.717) is 35.9 Å². The Bertz CT molecular complexity index is 1280. The summed E-state index contributed by atoms with van der Waals surface area (Å²) in [5.41, 5.74) is 1.44. The Labute approximate surface area is 264 Å². The average Bonchev–Trinajstić information content (AvgIpc) is 3.00. The van der Waals surface area contributed by atoms with E-state index in [0.717, 1.165) is 63.4 Å². The first-order valence-electron chi connectivity index (χ1n) is 16.9. The van der Waals surface area contributed by atoms with Crippen LogP contribution in [0.4, 0.5) is 0 Å². The number of phenolic OH excluding ortho intramolecular Hbond substituents is 1. The van der Waals surface area contributed by atoms with Crippen LogP contribution >= 0.6 is 0 Å². The fourth-order valence-corrected chi connectivity index (χ4v) is 11.3. The number of carbonyl (C=O) groups excluding carboxylic acids is 1. The fraction of sp³-hybridized carbons (Fsp3) is 0.684. The highest BCUT2D eigenvalue weighted by molar-refractivity contribution is 5.77. The Morgan fingerprint density at radius 2 is 1.66 bits per heavy atom. The minimum absolute atomic E-state index is 0.00413. The summed E-state index contributed by atoms with van der Waals surface area (Å²) in [6.07, 6.45) is 14.7. The van der Waals surface area contributed by atoms with E-state index in [1.165, 1.54) is 11.6 Å². The lowest BCUT2D eigenvalue weighted by molar-refractivity contribution is -0.225. The normalized spacial score (nSPS) is 44.5. The second-order valence-electron chi connectivity index (χ2n) is 15.4. The highest BCUT2D eigenvalue weighted by Crippen LogP contribution is 2.72. The summed E-state index contributed by atoms with van der Waals surface area (Å²) < 4.78 is 6.67. The summed E-state index contributed by atoms with van der Waals surface area (Å²) in [4.78, 5) is 22.7. The number of aromatic hydroxyl groups is 1. The number of ether oxygens (including phenoxy) is 1. The van der Waals surface area contributed by atoms with Crippen molar-refractivity contribution in [2.45, 2.75) is 104 Å². The predicted molar refractivity (Wildman–Crippen MR) is 173 cm³/mol. The lowest BCUT2D eigenvalue weighted by Crippen LogP contribution is -2.68. The number of rotatable bonds is 4. The summed E-state index contributed by atoms with van der Waals surface area (Å²) in [6.45, 7) is 11.9. The van der Waals surface area contributed by atoms with Crippen LogP contribution in [-0.2, 0) is 14.3 Å². The van der Waals surface area contributed by atoms with Gasteiger partial charge in [0.15, 0.2) is 0 Å². The molecule has 5 aliphatic rings. The maximum atomic E-state index is 12.8. The molecule has 242 valence electrons. The van der Waals surface area contributed by atoms with Crippen molar-refractivity contribution in [2.24, 2.45) is 51.8 Å². The van der Waals surface area contributed by atoms with Crippen molar-refractivity contribution >= 4 is 18.3 Å². The largest absolute Gasteiger partial charge is 0.508 e. The molecule has 0 aromatic heterocycles. The number of aliphatic carboxylic acids is 1. The van der Waals surface area contributed by atoms with Crippen molar-refractivity contribution in [3.05, 3.63) is 47.6 Å². The molecule has 0 heterocycles. The van der Waals surface area contributed by atoms with E-state index in [1.807, 2.05) is 7.11 Å². The number of aliphatic hydroxyl groups is 1. The monoisotopic (exact) mass is 606 g/mol. The van der Waals surface area contributed by atoms with Gasteiger partial charge >= 0.3 is 5.97 Å². The third-order valence-electron chi connectivity index (χ3n) is 13.9. The van der Waals surface area contributed by atoms with Gasteiger partial charge in [-0.3, -0.25) is 9.59 Å². The third kappa shape index (κ3) is 4.90. The Kier molecular flexibility index (Phi) is 9.03. The first kappa shape index (κ1) is 32.9.